The molecular formula is C15H21BrClNO4. The van der Waals surface area contributed by atoms with Crippen LogP contribution in [0.15, 0.2) is 16.6 Å². The molecule has 1 aromatic rings. The summed E-state index contributed by atoms with van der Waals surface area (Å²) < 4.78 is 6.03. The molecular weight excluding hydrogens is 374 g/mol. The lowest BCUT2D eigenvalue weighted by atomic mass is 10.1. The number of ether oxygens (including phenoxy) is 1. The molecule has 0 aromatic heterocycles. The SMILES string of the molecule is CC(c1cc(Br)cc(Cl)c1O)N(CCO)C(=O)OC(C)(C)C. The zero-order chi connectivity index (χ0) is 17.1. The Hall–Kier alpha value is -0.980. The van der Waals surface area contributed by atoms with Crippen LogP contribution in [0.5, 0.6) is 5.75 Å². The Kier molecular flexibility index (Phi) is 6.52. The van der Waals surface area contributed by atoms with Gasteiger partial charge in [-0.15, -0.1) is 0 Å². The molecule has 1 unspecified atom stereocenters. The summed E-state index contributed by atoms with van der Waals surface area (Å²) in [5.74, 6) is -0.0936. The van der Waals surface area contributed by atoms with Crippen LogP contribution < -0.4 is 0 Å². The molecule has 1 atom stereocenters. The number of aliphatic hydroxyl groups excluding tert-OH is 1. The summed E-state index contributed by atoms with van der Waals surface area (Å²) in [6.45, 7) is 6.89. The van der Waals surface area contributed by atoms with Crippen LogP contribution >= 0.6 is 27.5 Å². The lowest BCUT2D eigenvalue weighted by molar-refractivity contribution is 0.0135. The normalized spacial score (nSPS) is 12.9. The van der Waals surface area contributed by atoms with Crippen molar-refractivity contribution in [2.24, 2.45) is 0 Å². The molecule has 1 amide bonds. The number of rotatable bonds is 4. The molecule has 5 nitrogen and oxygen atoms in total. The fourth-order valence-corrected chi connectivity index (χ4v) is 2.78. The second-order valence-corrected chi connectivity index (χ2v) is 7.22. The molecule has 7 heteroatoms. The number of hydrogen-bond donors (Lipinski definition) is 2. The van der Waals surface area contributed by atoms with Crippen LogP contribution in [0, 0.1) is 0 Å². The zero-order valence-corrected chi connectivity index (χ0v) is 15.4. The van der Waals surface area contributed by atoms with Gasteiger partial charge in [-0.1, -0.05) is 27.5 Å². The Morgan fingerprint density at radius 2 is 2.05 bits per heavy atom. The van der Waals surface area contributed by atoms with Crippen molar-refractivity contribution in [3.05, 3.63) is 27.2 Å². The van der Waals surface area contributed by atoms with Crippen molar-refractivity contribution in [1.29, 1.82) is 0 Å². The fraction of sp³-hybridized carbons (Fsp3) is 0.533. The summed E-state index contributed by atoms with van der Waals surface area (Å²) in [7, 11) is 0. The lowest BCUT2D eigenvalue weighted by Crippen LogP contribution is -2.40. The highest BCUT2D eigenvalue weighted by atomic mass is 79.9. The summed E-state index contributed by atoms with van der Waals surface area (Å²) >= 11 is 9.28. The van der Waals surface area contributed by atoms with E-state index in [2.05, 4.69) is 15.9 Å². The van der Waals surface area contributed by atoms with E-state index >= 15 is 0 Å². The zero-order valence-electron chi connectivity index (χ0n) is 13.1. The predicted molar refractivity (Wildman–Crippen MR) is 89.3 cm³/mol. The van der Waals surface area contributed by atoms with Gasteiger partial charge < -0.3 is 14.9 Å². The average Bonchev–Trinajstić information content (AvgIpc) is 2.37. The van der Waals surface area contributed by atoms with Gasteiger partial charge in [-0.2, -0.15) is 0 Å². The van der Waals surface area contributed by atoms with Crippen molar-refractivity contribution in [1.82, 2.24) is 4.90 Å². The minimum Gasteiger partial charge on any atom is -0.506 e. The number of hydrogen-bond acceptors (Lipinski definition) is 4. The van der Waals surface area contributed by atoms with Gasteiger partial charge in [-0.25, -0.2) is 4.79 Å². The van der Waals surface area contributed by atoms with Crippen LogP contribution in [0.1, 0.15) is 39.3 Å². The Labute approximate surface area is 144 Å². The molecule has 0 fully saturated rings. The third-order valence-electron chi connectivity index (χ3n) is 2.94. The number of amides is 1. The summed E-state index contributed by atoms with van der Waals surface area (Å²) in [4.78, 5) is 13.7. The monoisotopic (exact) mass is 393 g/mol. The number of carbonyl (C=O) groups excluding carboxylic acids is 1. The molecule has 0 aliphatic carbocycles. The first-order valence-electron chi connectivity index (χ1n) is 6.85. The number of halogens is 2. The standard InChI is InChI=1S/C15H21BrClNO4/c1-9(11-7-10(16)8-12(17)13(11)20)18(5-6-19)14(21)22-15(2,3)4/h7-9,19-20H,5-6H2,1-4H3. The molecule has 22 heavy (non-hydrogen) atoms. The molecule has 1 aromatic carbocycles. The molecule has 0 heterocycles. The molecule has 0 radical (unpaired) electrons. The minimum absolute atomic E-state index is 0.0830. The maximum atomic E-state index is 12.3. The first-order chi connectivity index (χ1) is 10.1. The van der Waals surface area contributed by atoms with Gasteiger partial charge in [0.2, 0.25) is 0 Å². The van der Waals surface area contributed by atoms with Crippen LogP contribution in [-0.4, -0.2) is 40.0 Å². The number of nitrogens with zero attached hydrogens (tertiary/aromatic N) is 1. The average molecular weight is 395 g/mol. The number of aliphatic hydroxyl groups is 1. The van der Waals surface area contributed by atoms with Crippen LogP contribution in [0.3, 0.4) is 0 Å². The fourth-order valence-electron chi connectivity index (χ4n) is 1.94. The summed E-state index contributed by atoms with van der Waals surface area (Å²) in [6, 6.07) is 2.73. The smallest absolute Gasteiger partial charge is 0.410 e. The molecule has 0 saturated carbocycles. The van der Waals surface area contributed by atoms with Crippen molar-refractivity contribution < 1.29 is 19.7 Å². The van der Waals surface area contributed by atoms with E-state index < -0.39 is 17.7 Å². The van der Waals surface area contributed by atoms with Gasteiger partial charge in [-0.05, 0) is 39.8 Å². The number of aromatic hydroxyl groups is 1. The van der Waals surface area contributed by atoms with Crippen LogP contribution in [0.25, 0.3) is 0 Å². The second kappa shape index (κ2) is 7.53. The molecule has 124 valence electrons. The molecule has 0 spiro atoms. The van der Waals surface area contributed by atoms with E-state index in [1.807, 2.05) is 0 Å². The van der Waals surface area contributed by atoms with Gasteiger partial charge in [0.1, 0.15) is 11.4 Å². The summed E-state index contributed by atoms with van der Waals surface area (Å²) in [5, 5.41) is 19.5. The summed E-state index contributed by atoms with van der Waals surface area (Å²) in [5.41, 5.74) is -0.180. The van der Waals surface area contributed by atoms with Gasteiger partial charge in [-0.3, -0.25) is 4.90 Å². The van der Waals surface area contributed by atoms with Gasteiger partial charge in [0.05, 0.1) is 17.7 Å². The van der Waals surface area contributed by atoms with E-state index in [9.17, 15) is 15.0 Å². The third kappa shape index (κ3) is 5.04. The Bertz CT molecular complexity index is 545. The Balaban J connectivity index is 3.13. The van der Waals surface area contributed by atoms with Gasteiger partial charge in [0.25, 0.3) is 0 Å². The molecule has 2 N–H and O–H groups in total. The molecule has 0 aliphatic heterocycles. The lowest BCUT2D eigenvalue weighted by Gasteiger charge is -2.32. The van der Waals surface area contributed by atoms with Crippen molar-refractivity contribution in [2.75, 3.05) is 13.2 Å². The van der Waals surface area contributed by atoms with E-state index in [4.69, 9.17) is 16.3 Å². The van der Waals surface area contributed by atoms with Crippen molar-refractivity contribution in [2.45, 2.75) is 39.3 Å². The molecule has 0 aliphatic rings. The third-order valence-corrected chi connectivity index (χ3v) is 3.69. The van der Waals surface area contributed by atoms with E-state index in [-0.39, 0.29) is 23.9 Å². The maximum Gasteiger partial charge on any atom is 0.410 e. The quantitative estimate of drug-likeness (QED) is 0.806. The highest BCUT2D eigenvalue weighted by molar-refractivity contribution is 9.10. The number of carbonyl (C=O) groups is 1. The first kappa shape index (κ1) is 19.1. The second-order valence-electron chi connectivity index (χ2n) is 5.90. The van der Waals surface area contributed by atoms with Crippen molar-refractivity contribution in [3.63, 3.8) is 0 Å². The summed E-state index contributed by atoms with van der Waals surface area (Å²) in [6.07, 6.45) is -0.565. The Morgan fingerprint density at radius 3 is 2.55 bits per heavy atom. The van der Waals surface area contributed by atoms with E-state index in [0.717, 1.165) is 0 Å². The van der Waals surface area contributed by atoms with Crippen molar-refractivity contribution >= 4 is 33.6 Å². The van der Waals surface area contributed by atoms with Gasteiger partial charge >= 0.3 is 6.09 Å². The van der Waals surface area contributed by atoms with Gasteiger partial charge in [0, 0.05) is 16.6 Å². The largest absolute Gasteiger partial charge is 0.506 e. The van der Waals surface area contributed by atoms with Crippen molar-refractivity contribution in [3.8, 4) is 5.75 Å². The van der Waals surface area contributed by atoms with Crippen LogP contribution in [-0.2, 0) is 4.74 Å². The topological polar surface area (TPSA) is 70.0 Å². The predicted octanol–water partition coefficient (Wildman–Crippen LogP) is 4.10. The van der Waals surface area contributed by atoms with Crippen LogP contribution in [0.2, 0.25) is 5.02 Å². The highest BCUT2D eigenvalue weighted by Crippen LogP contribution is 2.37. The molecule has 0 bridgehead atoms. The number of phenolic OH excluding ortho intramolecular Hbond substituents is 1. The van der Waals surface area contributed by atoms with E-state index in [1.54, 1.807) is 39.8 Å². The first-order valence-corrected chi connectivity index (χ1v) is 8.02. The van der Waals surface area contributed by atoms with E-state index in [1.165, 1.54) is 4.90 Å². The van der Waals surface area contributed by atoms with Gasteiger partial charge in [0.15, 0.2) is 0 Å². The van der Waals surface area contributed by atoms with E-state index in [0.29, 0.717) is 10.0 Å². The van der Waals surface area contributed by atoms with Crippen LogP contribution in [0.4, 0.5) is 4.79 Å². The maximum absolute atomic E-state index is 12.3. The minimum atomic E-state index is -0.651. The number of benzene rings is 1. The molecule has 0 saturated heterocycles. The Morgan fingerprint density at radius 1 is 1.45 bits per heavy atom. The number of phenols is 1. The highest BCUT2D eigenvalue weighted by Gasteiger charge is 2.28. The molecule has 1 rings (SSSR count).